The maximum Gasteiger partial charge on any atom is 0.258 e. The van der Waals surface area contributed by atoms with Gasteiger partial charge in [-0.3, -0.25) is 0 Å². The van der Waals surface area contributed by atoms with Crippen molar-refractivity contribution in [2.24, 2.45) is 0 Å². The van der Waals surface area contributed by atoms with E-state index >= 15 is 0 Å². The maximum absolute atomic E-state index is 12.9. The van der Waals surface area contributed by atoms with Gasteiger partial charge in [0.05, 0.1) is 25.0 Å². The Morgan fingerprint density at radius 3 is 2.76 bits per heavy atom. The zero-order chi connectivity index (χ0) is 23.7. The van der Waals surface area contributed by atoms with Crippen molar-refractivity contribution < 1.29 is 18.6 Å². The van der Waals surface area contributed by atoms with Crippen LogP contribution in [0.25, 0.3) is 27.9 Å². The summed E-state index contributed by atoms with van der Waals surface area (Å²) >= 11 is 0. The predicted octanol–water partition coefficient (Wildman–Crippen LogP) is 2.12. The summed E-state index contributed by atoms with van der Waals surface area (Å²) in [5.41, 5.74) is 8.79. The van der Waals surface area contributed by atoms with Crippen LogP contribution < -0.4 is 11.1 Å². The molecule has 0 unspecified atom stereocenters. The first-order valence-electron chi connectivity index (χ1n) is 11.1. The molecule has 34 heavy (non-hydrogen) atoms. The summed E-state index contributed by atoms with van der Waals surface area (Å²) in [6, 6.07) is 5.43. The topological polar surface area (TPSA) is 141 Å². The second kappa shape index (κ2) is 9.43. The van der Waals surface area contributed by atoms with Gasteiger partial charge in [0, 0.05) is 17.8 Å². The Bertz CT molecular complexity index is 1280. The Hall–Kier alpha value is -3.45. The summed E-state index contributed by atoms with van der Waals surface area (Å²) < 4.78 is 34.1. The first-order valence-corrected chi connectivity index (χ1v) is 11.1. The van der Waals surface area contributed by atoms with E-state index in [0.717, 1.165) is 30.4 Å². The van der Waals surface area contributed by atoms with E-state index in [1.54, 1.807) is 22.8 Å². The monoisotopic (exact) mass is 473 g/mol. The highest BCUT2D eigenvalue weighted by Gasteiger charge is 2.23. The van der Waals surface area contributed by atoms with E-state index in [4.69, 9.17) is 15.6 Å². The third-order valence-corrected chi connectivity index (χ3v) is 5.94. The van der Waals surface area contributed by atoms with Gasteiger partial charge in [-0.2, -0.15) is 4.98 Å². The fourth-order valence-corrected chi connectivity index (χ4v) is 4.35. The third-order valence-electron chi connectivity index (χ3n) is 5.94. The minimum absolute atomic E-state index is 0.0315. The standard InChI is InChI=1S/C21H25F2N9O2/c22-17(23)11-32-20-16(28-30-32)6-5-15(26-20)14-7-8-31-18(14)19(24)27-21(29-31)25-12-1-3-13(4-2-12)34-10-9-33/h5-8,12-13,17,33H,1-4,9-11H2,(H3,24,25,27,29). The van der Waals surface area contributed by atoms with Crippen molar-refractivity contribution in [1.82, 2.24) is 34.6 Å². The summed E-state index contributed by atoms with van der Waals surface area (Å²) in [5.74, 6) is 0.702. The Morgan fingerprint density at radius 1 is 1.18 bits per heavy atom. The molecule has 1 fully saturated rings. The minimum atomic E-state index is -2.57. The lowest BCUT2D eigenvalue weighted by Crippen LogP contribution is -2.31. The number of hydrogen-bond acceptors (Lipinski definition) is 9. The number of aromatic nitrogens is 7. The SMILES string of the molecule is Nc1nc(NC2CCC(OCCO)CC2)nn2ccc(-c3ccc4nnn(CC(F)F)c4n3)c12. The summed E-state index contributed by atoms with van der Waals surface area (Å²) in [6.07, 6.45) is 2.96. The molecule has 5 rings (SSSR count). The van der Waals surface area contributed by atoms with Crippen LogP contribution in [0.2, 0.25) is 0 Å². The number of anilines is 2. The molecule has 4 aromatic heterocycles. The molecule has 1 saturated carbocycles. The van der Waals surface area contributed by atoms with Crippen molar-refractivity contribution in [2.45, 2.75) is 50.8 Å². The van der Waals surface area contributed by atoms with E-state index in [2.05, 4.69) is 30.7 Å². The number of pyridine rings is 1. The van der Waals surface area contributed by atoms with E-state index in [9.17, 15) is 8.78 Å². The van der Waals surface area contributed by atoms with Gasteiger partial charge in [0.1, 0.15) is 17.6 Å². The lowest BCUT2D eigenvalue weighted by molar-refractivity contribution is 0.00719. The number of fused-ring (bicyclic) bond motifs is 2. The molecular weight excluding hydrogens is 448 g/mol. The molecule has 1 aliphatic carbocycles. The van der Waals surface area contributed by atoms with Gasteiger partial charge in [0.25, 0.3) is 6.43 Å². The first-order chi connectivity index (χ1) is 16.5. The summed E-state index contributed by atoms with van der Waals surface area (Å²) in [4.78, 5) is 8.95. The molecule has 1 aliphatic rings. The zero-order valence-corrected chi connectivity index (χ0v) is 18.3. The smallest absolute Gasteiger partial charge is 0.258 e. The molecule has 0 aliphatic heterocycles. The molecule has 11 nitrogen and oxygen atoms in total. The summed E-state index contributed by atoms with van der Waals surface area (Å²) in [7, 11) is 0. The van der Waals surface area contributed by atoms with Gasteiger partial charge in [0.2, 0.25) is 5.95 Å². The second-order valence-corrected chi connectivity index (χ2v) is 8.26. The molecule has 0 radical (unpaired) electrons. The van der Waals surface area contributed by atoms with E-state index in [0.29, 0.717) is 34.8 Å². The highest BCUT2D eigenvalue weighted by Crippen LogP contribution is 2.29. The summed E-state index contributed by atoms with van der Waals surface area (Å²) in [5, 5.41) is 24.5. The second-order valence-electron chi connectivity index (χ2n) is 8.26. The Labute approximate surface area is 192 Å². The molecule has 0 saturated heterocycles. The lowest BCUT2D eigenvalue weighted by Gasteiger charge is -2.29. The first kappa shape index (κ1) is 22.3. The predicted molar refractivity (Wildman–Crippen MR) is 120 cm³/mol. The molecule has 4 heterocycles. The number of nitrogens with two attached hydrogens (primary N) is 1. The highest BCUT2D eigenvalue weighted by molar-refractivity contribution is 5.88. The Morgan fingerprint density at radius 2 is 2.00 bits per heavy atom. The quantitative estimate of drug-likeness (QED) is 0.351. The van der Waals surface area contributed by atoms with Crippen molar-refractivity contribution in [1.29, 1.82) is 0 Å². The highest BCUT2D eigenvalue weighted by atomic mass is 19.3. The van der Waals surface area contributed by atoms with Gasteiger partial charge in [-0.15, -0.1) is 10.2 Å². The van der Waals surface area contributed by atoms with Crippen LogP contribution >= 0.6 is 0 Å². The van der Waals surface area contributed by atoms with Gasteiger partial charge < -0.3 is 20.9 Å². The van der Waals surface area contributed by atoms with Crippen LogP contribution in [0.4, 0.5) is 20.5 Å². The van der Waals surface area contributed by atoms with Crippen LogP contribution in [-0.2, 0) is 11.3 Å². The fraction of sp³-hybridized carbons (Fsp3) is 0.476. The number of nitrogens with one attached hydrogen (secondary N) is 1. The van der Waals surface area contributed by atoms with E-state index < -0.39 is 13.0 Å². The van der Waals surface area contributed by atoms with Crippen LogP contribution in [0.15, 0.2) is 24.4 Å². The number of rotatable bonds is 8. The molecular formula is C21H25F2N9O2. The Kier molecular flexibility index (Phi) is 6.20. The zero-order valence-electron chi connectivity index (χ0n) is 18.3. The van der Waals surface area contributed by atoms with Gasteiger partial charge in [-0.25, -0.2) is 23.0 Å². The molecule has 0 amide bonds. The largest absolute Gasteiger partial charge is 0.394 e. The van der Waals surface area contributed by atoms with Crippen molar-refractivity contribution in [3.8, 4) is 11.3 Å². The minimum Gasteiger partial charge on any atom is -0.394 e. The van der Waals surface area contributed by atoms with Crippen LogP contribution in [0.3, 0.4) is 0 Å². The van der Waals surface area contributed by atoms with E-state index in [1.165, 1.54) is 0 Å². The number of nitrogens with zero attached hydrogens (tertiary/aromatic N) is 7. The molecule has 180 valence electrons. The van der Waals surface area contributed by atoms with Crippen molar-refractivity contribution in [3.63, 3.8) is 0 Å². The number of hydrogen-bond donors (Lipinski definition) is 3. The van der Waals surface area contributed by atoms with E-state index in [1.807, 2.05) is 6.07 Å². The maximum atomic E-state index is 12.9. The average Bonchev–Trinajstić information content (AvgIpc) is 3.42. The third kappa shape index (κ3) is 4.48. The van der Waals surface area contributed by atoms with E-state index in [-0.39, 0.29) is 30.2 Å². The lowest BCUT2D eigenvalue weighted by atomic mass is 9.93. The van der Waals surface area contributed by atoms with Gasteiger partial charge >= 0.3 is 0 Å². The number of nitrogen functional groups attached to an aromatic ring is 1. The molecule has 4 aromatic rings. The van der Waals surface area contributed by atoms with Crippen LogP contribution in [0.1, 0.15) is 25.7 Å². The molecule has 4 N–H and O–H groups in total. The number of ether oxygens (including phenoxy) is 1. The molecule has 0 aromatic carbocycles. The van der Waals surface area contributed by atoms with Crippen LogP contribution in [-0.4, -0.2) is 71.5 Å². The van der Waals surface area contributed by atoms with Crippen molar-refractivity contribution >= 4 is 28.4 Å². The summed E-state index contributed by atoms with van der Waals surface area (Å²) in [6.45, 7) is -0.190. The van der Waals surface area contributed by atoms with Crippen molar-refractivity contribution in [2.75, 3.05) is 24.3 Å². The molecule has 0 spiro atoms. The Balaban J connectivity index is 1.37. The molecule has 13 heteroatoms. The van der Waals surface area contributed by atoms with Gasteiger partial charge in [0.15, 0.2) is 11.5 Å². The van der Waals surface area contributed by atoms with Crippen LogP contribution in [0, 0.1) is 0 Å². The normalized spacial score (nSPS) is 18.8. The van der Waals surface area contributed by atoms with Crippen LogP contribution in [0.5, 0.6) is 0 Å². The fourth-order valence-electron chi connectivity index (χ4n) is 4.35. The number of aliphatic hydroxyl groups excluding tert-OH is 1. The molecule has 0 atom stereocenters. The number of alkyl halides is 2. The molecule has 0 bridgehead atoms. The average molecular weight is 473 g/mol. The van der Waals surface area contributed by atoms with Crippen molar-refractivity contribution in [3.05, 3.63) is 24.4 Å². The van der Waals surface area contributed by atoms with Gasteiger partial charge in [-0.1, -0.05) is 5.21 Å². The van der Waals surface area contributed by atoms with Gasteiger partial charge in [-0.05, 0) is 43.9 Å². The number of aliphatic hydroxyl groups is 1. The number of halogens is 2.